The van der Waals surface area contributed by atoms with E-state index in [1.807, 2.05) is 73.7 Å². The van der Waals surface area contributed by atoms with Gasteiger partial charge in [-0.15, -0.1) is 11.3 Å². The molecule has 1 atom stereocenters. The fourth-order valence-corrected chi connectivity index (χ4v) is 4.31. The van der Waals surface area contributed by atoms with Crippen LogP contribution in [0.25, 0.3) is 0 Å². The molecule has 2 aromatic carbocycles. The van der Waals surface area contributed by atoms with E-state index in [1.165, 1.54) is 0 Å². The van der Waals surface area contributed by atoms with E-state index in [0.717, 1.165) is 32.5 Å². The number of aryl methyl sites for hydroxylation is 2. The van der Waals surface area contributed by atoms with Gasteiger partial charge in [-0.1, -0.05) is 54.6 Å². The molecule has 150 valence electrons. The largest absolute Gasteiger partial charge is 0.359 e. The molecule has 0 unspecified atom stereocenters. The molecule has 4 nitrogen and oxygen atoms in total. The van der Waals surface area contributed by atoms with Gasteiger partial charge in [-0.25, -0.2) is 4.98 Å². The quantitative estimate of drug-likeness (QED) is 0.395. The zero-order valence-corrected chi connectivity index (χ0v) is 17.7. The van der Waals surface area contributed by atoms with Crippen molar-refractivity contribution in [3.05, 3.63) is 112 Å². The van der Waals surface area contributed by atoms with Gasteiger partial charge in [0.25, 0.3) is 5.91 Å². The molecule has 0 spiro atoms. The van der Waals surface area contributed by atoms with Crippen molar-refractivity contribution >= 4 is 28.1 Å². The summed E-state index contributed by atoms with van der Waals surface area (Å²) in [6.07, 6.45) is 0. The average Bonchev–Trinajstić information content (AvgIpc) is 3.13. The van der Waals surface area contributed by atoms with Crippen molar-refractivity contribution in [2.45, 2.75) is 19.9 Å². The molecule has 2 aromatic heterocycles. The predicted molar refractivity (Wildman–Crippen MR) is 124 cm³/mol. The molecule has 0 aliphatic rings. The molecule has 0 saturated heterocycles. The van der Waals surface area contributed by atoms with Gasteiger partial charge >= 0.3 is 0 Å². The first-order valence-corrected chi connectivity index (χ1v) is 10.6. The van der Waals surface area contributed by atoms with E-state index in [0.29, 0.717) is 5.56 Å². The topological polar surface area (TPSA) is 54.0 Å². The Balaban J connectivity index is 1.71. The first kappa shape index (κ1) is 19.9. The SMILES string of the molecule is Cc1cccc(N[C@H](c2ccccc2)c2cc(C)sc2NC(=O)c2ccccc2)n1. The van der Waals surface area contributed by atoms with Crippen LogP contribution in [-0.4, -0.2) is 10.9 Å². The maximum absolute atomic E-state index is 12.8. The van der Waals surface area contributed by atoms with E-state index in [4.69, 9.17) is 0 Å². The lowest BCUT2D eigenvalue weighted by molar-refractivity contribution is 0.102. The minimum Gasteiger partial charge on any atom is -0.359 e. The maximum Gasteiger partial charge on any atom is 0.256 e. The number of carbonyl (C=O) groups excluding carboxylic acids is 1. The van der Waals surface area contributed by atoms with Gasteiger partial charge < -0.3 is 10.6 Å². The van der Waals surface area contributed by atoms with Gasteiger partial charge in [0.2, 0.25) is 0 Å². The summed E-state index contributed by atoms with van der Waals surface area (Å²) in [5.41, 5.74) is 3.72. The van der Waals surface area contributed by atoms with Gasteiger partial charge in [0.05, 0.1) is 6.04 Å². The first-order chi connectivity index (χ1) is 14.6. The van der Waals surface area contributed by atoms with Crippen molar-refractivity contribution in [3.8, 4) is 0 Å². The lowest BCUT2D eigenvalue weighted by Gasteiger charge is -2.21. The Morgan fingerprint density at radius 2 is 1.60 bits per heavy atom. The van der Waals surface area contributed by atoms with Crippen LogP contribution in [0.15, 0.2) is 84.9 Å². The lowest BCUT2D eigenvalue weighted by Crippen LogP contribution is -2.17. The second-order valence-electron chi connectivity index (χ2n) is 7.11. The highest BCUT2D eigenvalue weighted by molar-refractivity contribution is 7.16. The Bertz CT molecular complexity index is 1140. The third kappa shape index (κ3) is 4.58. The van der Waals surface area contributed by atoms with Crippen LogP contribution in [0.3, 0.4) is 0 Å². The second-order valence-corrected chi connectivity index (χ2v) is 8.37. The number of nitrogens with one attached hydrogen (secondary N) is 2. The van der Waals surface area contributed by atoms with Crippen molar-refractivity contribution < 1.29 is 4.79 Å². The maximum atomic E-state index is 12.8. The number of anilines is 2. The minimum atomic E-state index is -0.142. The number of hydrogen-bond donors (Lipinski definition) is 2. The zero-order valence-electron chi connectivity index (χ0n) is 16.9. The molecule has 0 aliphatic heterocycles. The second kappa shape index (κ2) is 8.93. The van der Waals surface area contributed by atoms with Gasteiger partial charge in [0.1, 0.15) is 10.8 Å². The Labute approximate surface area is 180 Å². The van der Waals surface area contributed by atoms with Gasteiger partial charge in [0.15, 0.2) is 0 Å². The summed E-state index contributed by atoms with van der Waals surface area (Å²) in [4.78, 5) is 18.5. The standard InChI is InChI=1S/C25H23N3OS/c1-17-10-9-15-22(26-17)27-23(19-11-5-3-6-12-19)21-16-18(2)30-25(21)28-24(29)20-13-7-4-8-14-20/h3-16,23H,1-2H3,(H,26,27)(H,28,29)/t23-/m1/s1. The molecule has 0 fully saturated rings. The molecule has 5 heteroatoms. The summed E-state index contributed by atoms with van der Waals surface area (Å²) < 4.78 is 0. The molecule has 0 saturated carbocycles. The van der Waals surface area contributed by atoms with Crippen LogP contribution in [0.4, 0.5) is 10.8 Å². The minimum absolute atomic E-state index is 0.112. The first-order valence-electron chi connectivity index (χ1n) is 9.82. The number of benzene rings is 2. The van der Waals surface area contributed by atoms with Crippen LogP contribution in [0.2, 0.25) is 0 Å². The smallest absolute Gasteiger partial charge is 0.256 e. The molecule has 4 aromatic rings. The molecular weight excluding hydrogens is 390 g/mol. The van der Waals surface area contributed by atoms with E-state index in [1.54, 1.807) is 11.3 Å². The normalized spacial score (nSPS) is 11.7. The fourth-order valence-electron chi connectivity index (χ4n) is 3.37. The number of rotatable bonds is 6. The third-order valence-corrected chi connectivity index (χ3v) is 5.75. The van der Waals surface area contributed by atoms with Gasteiger partial charge in [-0.05, 0) is 49.7 Å². The molecule has 1 amide bonds. The molecule has 2 N–H and O–H groups in total. The number of nitrogens with zero attached hydrogens (tertiary/aromatic N) is 1. The number of pyridine rings is 1. The zero-order chi connectivity index (χ0) is 20.9. The highest BCUT2D eigenvalue weighted by Crippen LogP contribution is 2.37. The lowest BCUT2D eigenvalue weighted by atomic mass is 10.00. The Morgan fingerprint density at radius 3 is 2.30 bits per heavy atom. The van der Waals surface area contributed by atoms with Crippen LogP contribution in [0.1, 0.15) is 38.1 Å². The number of amides is 1. The summed E-state index contributed by atoms with van der Waals surface area (Å²) in [6, 6.07) is 27.4. The molecule has 30 heavy (non-hydrogen) atoms. The number of hydrogen-bond acceptors (Lipinski definition) is 4. The molecule has 2 heterocycles. The summed E-state index contributed by atoms with van der Waals surface area (Å²) in [6.45, 7) is 4.03. The van der Waals surface area contributed by atoms with Crippen LogP contribution < -0.4 is 10.6 Å². The van der Waals surface area contributed by atoms with Gasteiger partial charge in [-0.2, -0.15) is 0 Å². The average molecular weight is 414 g/mol. The van der Waals surface area contributed by atoms with Crippen molar-refractivity contribution in [1.29, 1.82) is 0 Å². The Hall–Kier alpha value is -3.44. The van der Waals surface area contributed by atoms with Crippen molar-refractivity contribution in [2.24, 2.45) is 0 Å². The van der Waals surface area contributed by atoms with Crippen LogP contribution in [-0.2, 0) is 0 Å². The van der Waals surface area contributed by atoms with E-state index >= 15 is 0 Å². The third-order valence-electron chi connectivity index (χ3n) is 4.77. The van der Waals surface area contributed by atoms with E-state index in [9.17, 15) is 4.79 Å². The van der Waals surface area contributed by atoms with Gasteiger partial charge in [0, 0.05) is 21.7 Å². The highest BCUT2D eigenvalue weighted by Gasteiger charge is 2.22. The highest BCUT2D eigenvalue weighted by atomic mass is 32.1. The van der Waals surface area contributed by atoms with Crippen molar-refractivity contribution in [2.75, 3.05) is 10.6 Å². The summed E-state index contributed by atoms with van der Waals surface area (Å²) in [5.74, 6) is 0.687. The van der Waals surface area contributed by atoms with Crippen molar-refractivity contribution in [3.63, 3.8) is 0 Å². The van der Waals surface area contributed by atoms with Crippen LogP contribution in [0, 0.1) is 13.8 Å². The van der Waals surface area contributed by atoms with Crippen LogP contribution >= 0.6 is 11.3 Å². The van der Waals surface area contributed by atoms with Crippen molar-refractivity contribution in [1.82, 2.24) is 4.98 Å². The number of thiophene rings is 1. The summed E-state index contributed by atoms with van der Waals surface area (Å²) in [5, 5.41) is 7.52. The van der Waals surface area contributed by atoms with Crippen LogP contribution in [0.5, 0.6) is 0 Å². The number of aromatic nitrogens is 1. The summed E-state index contributed by atoms with van der Waals surface area (Å²) in [7, 11) is 0. The van der Waals surface area contributed by atoms with E-state index in [-0.39, 0.29) is 11.9 Å². The number of carbonyl (C=O) groups is 1. The van der Waals surface area contributed by atoms with Gasteiger partial charge in [-0.3, -0.25) is 4.79 Å². The molecule has 0 bridgehead atoms. The van der Waals surface area contributed by atoms with E-state index in [2.05, 4.69) is 40.7 Å². The molecule has 0 aliphatic carbocycles. The van der Waals surface area contributed by atoms with E-state index < -0.39 is 0 Å². The molecular formula is C25H23N3OS. The fraction of sp³-hybridized carbons (Fsp3) is 0.120. The Morgan fingerprint density at radius 1 is 0.900 bits per heavy atom. The Kier molecular flexibility index (Phi) is 5.91. The summed E-state index contributed by atoms with van der Waals surface area (Å²) >= 11 is 1.58. The predicted octanol–water partition coefficient (Wildman–Crippen LogP) is 6.21. The molecule has 4 rings (SSSR count). The monoisotopic (exact) mass is 413 g/mol. The molecule has 0 radical (unpaired) electrons.